The molecule has 0 fully saturated rings. The summed E-state index contributed by atoms with van der Waals surface area (Å²) in [5.41, 5.74) is 14.5. The van der Waals surface area contributed by atoms with Crippen LogP contribution in [0.15, 0.2) is 48.5 Å². The summed E-state index contributed by atoms with van der Waals surface area (Å²) in [7, 11) is 4.03. The molecule has 0 saturated heterocycles. The van der Waals surface area contributed by atoms with Gasteiger partial charge in [-0.15, -0.1) is 0 Å². The Bertz CT molecular complexity index is 1240. The van der Waals surface area contributed by atoms with Crippen LogP contribution < -0.4 is 15.5 Å². The summed E-state index contributed by atoms with van der Waals surface area (Å²) >= 11 is 0. The number of nitrogen functional groups attached to an aromatic ring is 1. The molecule has 3 aromatic carbocycles. The minimum absolute atomic E-state index is 0.339. The number of hydrogen-bond acceptors (Lipinski definition) is 5. The minimum Gasteiger partial charge on any atom is -0.441 e. The summed E-state index contributed by atoms with van der Waals surface area (Å²) in [6.45, 7) is 12.3. The number of hydrogen-bond donors (Lipinski definition) is 1. The van der Waals surface area contributed by atoms with Crippen molar-refractivity contribution >= 4 is 23.0 Å². The second-order valence-corrected chi connectivity index (χ2v) is 9.32. The highest BCUT2D eigenvalue weighted by molar-refractivity contribution is 5.98. The maximum Gasteiger partial charge on any atom is 0.340 e. The summed E-state index contributed by atoms with van der Waals surface area (Å²) in [6, 6.07) is 16.5. The SMILES string of the molecule is CCN(CC)c1ccc(C2(c3ccc(N(C)C)cc3)OC(=O)c3cc(N)c(C)c(C)c32)c(C)c1. The number of carbonyl (C=O) groups is 1. The third-order valence-corrected chi connectivity index (χ3v) is 7.27. The fourth-order valence-electron chi connectivity index (χ4n) is 5.17. The first-order chi connectivity index (χ1) is 16.1. The minimum atomic E-state index is -1.04. The highest BCUT2D eigenvalue weighted by atomic mass is 16.6. The Morgan fingerprint density at radius 2 is 1.50 bits per heavy atom. The average molecular weight is 458 g/mol. The van der Waals surface area contributed by atoms with Crippen molar-refractivity contribution in [3.05, 3.63) is 87.5 Å². The van der Waals surface area contributed by atoms with Crippen LogP contribution in [0.25, 0.3) is 0 Å². The maximum absolute atomic E-state index is 13.3. The molecule has 5 nitrogen and oxygen atoms in total. The maximum atomic E-state index is 13.3. The van der Waals surface area contributed by atoms with Crippen molar-refractivity contribution in [2.45, 2.75) is 40.2 Å². The number of nitrogens with two attached hydrogens (primary N) is 1. The first kappa shape index (κ1) is 23.7. The molecule has 0 radical (unpaired) electrons. The van der Waals surface area contributed by atoms with Gasteiger partial charge >= 0.3 is 5.97 Å². The smallest absolute Gasteiger partial charge is 0.340 e. The summed E-state index contributed by atoms with van der Waals surface area (Å²) in [4.78, 5) is 17.7. The van der Waals surface area contributed by atoms with Crippen LogP contribution >= 0.6 is 0 Å². The zero-order valence-corrected chi connectivity index (χ0v) is 21.3. The quantitative estimate of drug-likeness (QED) is 0.387. The van der Waals surface area contributed by atoms with E-state index in [-0.39, 0.29) is 5.97 Å². The van der Waals surface area contributed by atoms with E-state index < -0.39 is 5.60 Å². The highest BCUT2D eigenvalue weighted by Gasteiger charge is 2.50. The number of carbonyl (C=O) groups excluding carboxylic acids is 1. The number of cyclic esters (lactones) is 1. The summed E-state index contributed by atoms with van der Waals surface area (Å²) in [5.74, 6) is -0.339. The summed E-state index contributed by atoms with van der Waals surface area (Å²) < 4.78 is 6.39. The van der Waals surface area contributed by atoms with Crippen molar-refractivity contribution < 1.29 is 9.53 Å². The van der Waals surface area contributed by atoms with Crippen LogP contribution in [0.5, 0.6) is 0 Å². The number of aryl methyl sites for hydroxylation is 1. The van der Waals surface area contributed by atoms with Crippen molar-refractivity contribution in [2.75, 3.05) is 42.7 Å². The van der Waals surface area contributed by atoms with Gasteiger partial charge < -0.3 is 20.3 Å². The number of fused-ring (bicyclic) bond motifs is 1. The van der Waals surface area contributed by atoms with Gasteiger partial charge in [-0.3, -0.25) is 0 Å². The molecule has 2 N–H and O–H groups in total. The number of nitrogens with zero attached hydrogens (tertiary/aromatic N) is 2. The van der Waals surface area contributed by atoms with Crippen LogP contribution in [0, 0.1) is 20.8 Å². The topological polar surface area (TPSA) is 58.8 Å². The predicted molar refractivity (Wildman–Crippen MR) is 141 cm³/mol. The Balaban J connectivity index is 2.04. The number of esters is 1. The van der Waals surface area contributed by atoms with E-state index in [1.165, 1.54) is 5.69 Å². The fraction of sp³-hybridized carbons (Fsp3) is 0.345. The molecule has 1 unspecified atom stereocenters. The molecule has 1 heterocycles. The molecule has 1 aliphatic rings. The zero-order chi connectivity index (χ0) is 24.8. The lowest BCUT2D eigenvalue weighted by molar-refractivity contribution is 0.0249. The van der Waals surface area contributed by atoms with E-state index in [9.17, 15) is 4.79 Å². The molecule has 0 bridgehead atoms. The van der Waals surface area contributed by atoms with Crippen LogP contribution in [0.4, 0.5) is 17.1 Å². The molecule has 0 aliphatic carbocycles. The zero-order valence-electron chi connectivity index (χ0n) is 21.3. The Morgan fingerprint density at radius 3 is 2.06 bits per heavy atom. The van der Waals surface area contributed by atoms with E-state index in [1.54, 1.807) is 6.07 Å². The van der Waals surface area contributed by atoms with Gasteiger partial charge in [-0.05, 0) is 81.6 Å². The molecule has 1 aliphatic heterocycles. The Morgan fingerprint density at radius 1 is 0.882 bits per heavy atom. The van der Waals surface area contributed by atoms with Crippen LogP contribution in [0.1, 0.15) is 57.6 Å². The Kier molecular flexibility index (Phi) is 6.07. The van der Waals surface area contributed by atoms with Gasteiger partial charge in [-0.1, -0.05) is 18.2 Å². The van der Waals surface area contributed by atoms with E-state index in [2.05, 4.69) is 73.0 Å². The molecule has 34 heavy (non-hydrogen) atoms. The fourth-order valence-corrected chi connectivity index (χ4v) is 5.17. The lowest BCUT2D eigenvalue weighted by atomic mass is 9.75. The van der Waals surface area contributed by atoms with Gasteiger partial charge in [0.25, 0.3) is 0 Å². The molecule has 0 spiro atoms. The summed E-state index contributed by atoms with van der Waals surface area (Å²) in [6.07, 6.45) is 0. The lowest BCUT2D eigenvalue weighted by Crippen LogP contribution is -2.32. The first-order valence-corrected chi connectivity index (χ1v) is 11.9. The molecular formula is C29H35N3O2. The van der Waals surface area contributed by atoms with Crippen molar-refractivity contribution in [1.29, 1.82) is 0 Å². The van der Waals surface area contributed by atoms with Gasteiger partial charge in [0.1, 0.15) is 0 Å². The van der Waals surface area contributed by atoms with Crippen molar-refractivity contribution in [3.63, 3.8) is 0 Å². The Labute approximate surface area is 203 Å². The highest BCUT2D eigenvalue weighted by Crippen LogP contribution is 2.51. The average Bonchev–Trinajstić information content (AvgIpc) is 3.11. The number of anilines is 3. The van der Waals surface area contributed by atoms with Gasteiger partial charge in [-0.2, -0.15) is 0 Å². The molecule has 0 amide bonds. The number of rotatable bonds is 6. The van der Waals surface area contributed by atoms with Gasteiger partial charge in [0.15, 0.2) is 5.60 Å². The van der Waals surface area contributed by atoms with Gasteiger partial charge in [0, 0.05) is 60.9 Å². The van der Waals surface area contributed by atoms with E-state index >= 15 is 0 Å². The molecule has 0 saturated carbocycles. The predicted octanol–water partition coefficient (Wildman–Crippen LogP) is 5.57. The van der Waals surface area contributed by atoms with Crippen LogP contribution in [0.3, 0.4) is 0 Å². The van der Waals surface area contributed by atoms with Crippen molar-refractivity contribution in [2.24, 2.45) is 0 Å². The second-order valence-electron chi connectivity index (χ2n) is 9.32. The second kappa shape index (κ2) is 8.71. The van der Waals surface area contributed by atoms with E-state index in [0.717, 1.165) is 52.2 Å². The van der Waals surface area contributed by atoms with Crippen molar-refractivity contribution in [1.82, 2.24) is 0 Å². The Hall–Kier alpha value is -3.47. The molecule has 3 aromatic rings. The van der Waals surface area contributed by atoms with Gasteiger partial charge in [0.05, 0.1) is 5.56 Å². The lowest BCUT2D eigenvalue weighted by Gasteiger charge is -2.34. The third kappa shape index (κ3) is 3.51. The van der Waals surface area contributed by atoms with E-state index in [0.29, 0.717) is 11.3 Å². The largest absolute Gasteiger partial charge is 0.441 e. The van der Waals surface area contributed by atoms with Crippen molar-refractivity contribution in [3.8, 4) is 0 Å². The monoisotopic (exact) mass is 457 g/mol. The molecule has 178 valence electrons. The first-order valence-electron chi connectivity index (χ1n) is 11.9. The van der Waals surface area contributed by atoms with Gasteiger partial charge in [0.2, 0.25) is 0 Å². The third-order valence-electron chi connectivity index (χ3n) is 7.27. The standard InChI is InChI=1S/C29H35N3O2/c1-8-32(9-2)23-14-15-25(18(3)16-23)29(21-10-12-22(13-11-21)31(6)7)27-20(5)19(4)26(30)17-24(27)28(33)34-29/h10-17H,8-9,30H2,1-7H3. The molecular weight excluding hydrogens is 422 g/mol. The summed E-state index contributed by atoms with van der Waals surface area (Å²) in [5, 5.41) is 0. The van der Waals surface area contributed by atoms with E-state index in [1.807, 2.05) is 27.9 Å². The van der Waals surface area contributed by atoms with Gasteiger partial charge in [-0.25, -0.2) is 4.79 Å². The van der Waals surface area contributed by atoms with Crippen LogP contribution in [-0.4, -0.2) is 33.2 Å². The normalized spacial score (nSPS) is 16.9. The molecule has 1 atom stereocenters. The molecule has 0 aromatic heterocycles. The van der Waals surface area contributed by atoms with Crippen LogP contribution in [0.2, 0.25) is 0 Å². The van der Waals surface area contributed by atoms with E-state index in [4.69, 9.17) is 10.5 Å². The molecule has 5 heteroatoms. The molecule has 4 rings (SSSR count). The van der Waals surface area contributed by atoms with Crippen LogP contribution in [-0.2, 0) is 10.3 Å². The number of benzene rings is 3. The number of ether oxygens (including phenoxy) is 1.